The molecular weight excluding hydrogens is 334 g/mol. The Kier molecular flexibility index (Phi) is 4.66. The fourth-order valence-electron chi connectivity index (χ4n) is 1.48. The van der Waals surface area contributed by atoms with Gasteiger partial charge in [-0.25, -0.2) is 13.2 Å². The summed E-state index contributed by atoms with van der Waals surface area (Å²) >= 11 is 6.68. The molecule has 5 nitrogen and oxygen atoms in total. The predicted octanol–water partition coefficient (Wildman–Crippen LogP) is 3.51. The lowest BCUT2D eigenvalue weighted by atomic mass is 10.2. The fraction of sp³-hybridized carbons (Fsp3) is 0. The molecule has 110 valence electrons. The number of rotatable bonds is 5. The highest BCUT2D eigenvalue weighted by molar-refractivity contribution is 7.95. The molecule has 0 saturated heterocycles. The molecule has 2 rings (SSSR count). The second-order valence-electron chi connectivity index (χ2n) is 3.97. The maximum Gasteiger partial charge on any atom is 0.348 e. The maximum atomic E-state index is 11.9. The van der Waals surface area contributed by atoms with Gasteiger partial charge < -0.3 is 5.11 Å². The minimum absolute atomic E-state index is 0.0493. The molecule has 2 N–H and O–H groups in total. The van der Waals surface area contributed by atoms with Gasteiger partial charge in [0.1, 0.15) is 4.88 Å². The fourth-order valence-corrected chi connectivity index (χ4v) is 3.24. The molecule has 8 heteroatoms. The van der Waals surface area contributed by atoms with Crippen LogP contribution in [0, 0.1) is 0 Å². The number of aromatic carboxylic acids is 1. The average molecular weight is 344 g/mol. The van der Waals surface area contributed by atoms with Crippen LogP contribution in [0.25, 0.3) is 6.08 Å². The number of sulfonamides is 1. The van der Waals surface area contributed by atoms with E-state index in [0.717, 1.165) is 16.7 Å². The third-order valence-electron chi connectivity index (χ3n) is 2.42. The van der Waals surface area contributed by atoms with E-state index in [2.05, 4.69) is 4.72 Å². The summed E-state index contributed by atoms with van der Waals surface area (Å²) in [4.78, 5) is 10.9. The van der Waals surface area contributed by atoms with Crippen molar-refractivity contribution >= 4 is 50.7 Å². The van der Waals surface area contributed by atoms with Crippen LogP contribution >= 0.6 is 22.9 Å². The summed E-state index contributed by atoms with van der Waals surface area (Å²) in [7, 11) is -3.79. The smallest absolute Gasteiger partial charge is 0.348 e. The van der Waals surface area contributed by atoms with Crippen molar-refractivity contribution in [2.75, 3.05) is 4.72 Å². The lowest BCUT2D eigenvalue weighted by Crippen LogP contribution is -2.10. The monoisotopic (exact) mass is 343 g/mol. The van der Waals surface area contributed by atoms with E-state index in [1.54, 1.807) is 24.3 Å². The average Bonchev–Trinajstić information content (AvgIpc) is 2.85. The van der Waals surface area contributed by atoms with E-state index in [0.29, 0.717) is 10.6 Å². The molecule has 21 heavy (non-hydrogen) atoms. The third-order valence-corrected chi connectivity index (χ3v) is 4.57. The Labute approximate surface area is 130 Å². The highest BCUT2D eigenvalue weighted by atomic mass is 35.5. The minimum atomic E-state index is -3.79. The van der Waals surface area contributed by atoms with Gasteiger partial charge in [0, 0.05) is 5.02 Å². The van der Waals surface area contributed by atoms with E-state index >= 15 is 0 Å². The lowest BCUT2D eigenvalue weighted by Gasteiger charge is -2.03. The first kappa shape index (κ1) is 15.6. The van der Waals surface area contributed by atoms with Crippen LogP contribution in [0.1, 0.15) is 15.2 Å². The van der Waals surface area contributed by atoms with Gasteiger partial charge in [-0.05, 0) is 35.2 Å². The second kappa shape index (κ2) is 6.30. The number of benzene rings is 1. The zero-order chi connectivity index (χ0) is 15.5. The van der Waals surface area contributed by atoms with Gasteiger partial charge >= 0.3 is 5.97 Å². The number of thiophene rings is 1. The summed E-state index contributed by atoms with van der Waals surface area (Å²) < 4.78 is 26.0. The van der Waals surface area contributed by atoms with Crippen molar-refractivity contribution in [1.82, 2.24) is 0 Å². The number of carboxylic acids is 1. The van der Waals surface area contributed by atoms with E-state index in [4.69, 9.17) is 16.7 Å². The molecule has 0 aliphatic carbocycles. The first-order valence-corrected chi connectivity index (χ1v) is 8.45. The van der Waals surface area contributed by atoms with Crippen LogP contribution in [-0.2, 0) is 10.0 Å². The highest BCUT2D eigenvalue weighted by Gasteiger charge is 2.15. The molecule has 0 aliphatic heterocycles. The van der Waals surface area contributed by atoms with Crippen molar-refractivity contribution in [3.8, 4) is 0 Å². The molecule has 1 aromatic carbocycles. The number of carbonyl (C=O) groups is 1. The summed E-state index contributed by atoms with van der Waals surface area (Å²) in [6, 6.07) is 8.02. The second-order valence-corrected chi connectivity index (χ2v) is 6.89. The molecular formula is C13H10ClNO4S2. The van der Waals surface area contributed by atoms with Crippen molar-refractivity contribution in [3.63, 3.8) is 0 Å². The maximum absolute atomic E-state index is 11.9. The molecule has 0 amide bonds. The van der Waals surface area contributed by atoms with Crippen LogP contribution in [0.5, 0.6) is 0 Å². The van der Waals surface area contributed by atoms with Gasteiger partial charge in [0.05, 0.1) is 11.1 Å². The molecule has 0 unspecified atom stereocenters. The molecule has 0 bridgehead atoms. The van der Waals surface area contributed by atoms with Crippen molar-refractivity contribution in [3.05, 3.63) is 56.6 Å². The Balaban J connectivity index is 2.17. The van der Waals surface area contributed by atoms with Gasteiger partial charge in [-0.1, -0.05) is 23.7 Å². The molecule has 0 saturated carbocycles. The number of anilines is 1. The van der Waals surface area contributed by atoms with Gasteiger partial charge in [-0.15, -0.1) is 11.3 Å². The summed E-state index contributed by atoms with van der Waals surface area (Å²) in [6.07, 6.45) is 1.39. The van der Waals surface area contributed by atoms with Crippen molar-refractivity contribution in [2.24, 2.45) is 0 Å². The van der Waals surface area contributed by atoms with Crippen molar-refractivity contribution in [2.45, 2.75) is 0 Å². The van der Waals surface area contributed by atoms with Gasteiger partial charge in [-0.2, -0.15) is 0 Å². The lowest BCUT2D eigenvalue weighted by molar-refractivity contribution is 0.0703. The normalized spacial score (nSPS) is 11.7. The van der Waals surface area contributed by atoms with Gasteiger partial charge in [-0.3, -0.25) is 4.72 Å². The van der Waals surface area contributed by atoms with Crippen molar-refractivity contribution < 1.29 is 18.3 Å². The number of hydrogen-bond acceptors (Lipinski definition) is 4. The Bertz CT molecular complexity index is 779. The molecule has 0 atom stereocenters. The number of carboxylic acid groups (broad SMARTS) is 1. The van der Waals surface area contributed by atoms with Crippen LogP contribution in [-0.4, -0.2) is 19.5 Å². The van der Waals surface area contributed by atoms with E-state index in [-0.39, 0.29) is 10.6 Å². The summed E-state index contributed by atoms with van der Waals surface area (Å²) in [5, 5.41) is 12.0. The predicted molar refractivity (Wildman–Crippen MR) is 84.3 cm³/mol. The van der Waals surface area contributed by atoms with Crippen LogP contribution in [0.2, 0.25) is 5.02 Å². The van der Waals surface area contributed by atoms with E-state index in [1.807, 2.05) is 0 Å². The van der Waals surface area contributed by atoms with Gasteiger partial charge in [0.2, 0.25) is 0 Å². The Morgan fingerprint density at radius 3 is 2.52 bits per heavy atom. The van der Waals surface area contributed by atoms with Crippen LogP contribution in [0.15, 0.2) is 41.1 Å². The SMILES string of the molecule is O=C(O)c1sccc1NS(=O)(=O)/C=C/c1ccc(Cl)cc1. The number of halogens is 1. The minimum Gasteiger partial charge on any atom is -0.477 e. The van der Waals surface area contributed by atoms with Crippen molar-refractivity contribution in [1.29, 1.82) is 0 Å². The molecule has 1 heterocycles. The highest BCUT2D eigenvalue weighted by Crippen LogP contribution is 2.23. The zero-order valence-electron chi connectivity index (χ0n) is 10.5. The number of nitrogens with one attached hydrogen (secondary N) is 1. The summed E-state index contributed by atoms with van der Waals surface area (Å²) in [5.41, 5.74) is 0.710. The van der Waals surface area contributed by atoms with E-state index in [1.165, 1.54) is 17.5 Å². The van der Waals surface area contributed by atoms with Gasteiger partial charge in [0.25, 0.3) is 10.0 Å². The van der Waals surface area contributed by atoms with Crippen LogP contribution in [0.3, 0.4) is 0 Å². The summed E-state index contributed by atoms with van der Waals surface area (Å²) in [5.74, 6) is -1.18. The van der Waals surface area contributed by atoms with E-state index < -0.39 is 16.0 Å². The first-order valence-electron chi connectivity index (χ1n) is 5.65. The van der Waals surface area contributed by atoms with Gasteiger partial charge in [0.15, 0.2) is 0 Å². The molecule has 0 radical (unpaired) electrons. The van der Waals surface area contributed by atoms with E-state index in [9.17, 15) is 13.2 Å². The first-order chi connectivity index (χ1) is 9.87. The van der Waals surface area contributed by atoms with Crippen LogP contribution < -0.4 is 4.72 Å². The Hall–Kier alpha value is -1.83. The molecule has 1 aromatic heterocycles. The standard InChI is InChI=1S/C13H10ClNO4S2/c14-10-3-1-9(2-4-10)6-8-21(18,19)15-11-5-7-20-12(11)13(16)17/h1-8,15H,(H,16,17)/b8-6+. The molecule has 0 aliphatic rings. The third kappa shape index (κ3) is 4.32. The largest absolute Gasteiger partial charge is 0.477 e. The molecule has 0 fully saturated rings. The molecule has 2 aromatic rings. The Morgan fingerprint density at radius 2 is 1.90 bits per heavy atom. The van der Waals surface area contributed by atoms with Crippen LogP contribution in [0.4, 0.5) is 5.69 Å². The topological polar surface area (TPSA) is 83.5 Å². The Morgan fingerprint density at radius 1 is 1.24 bits per heavy atom. The quantitative estimate of drug-likeness (QED) is 0.870. The zero-order valence-corrected chi connectivity index (χ0v) is 12.9. The summed E-state index contributed by atoms with van der Waals surface area (Å²) in [6.45, 7) is 0. The molecule has 0 spiro atoms. The number of hydrogen-bond donors (Lipinski definition) is 2.